The molecule has 0 aliphatic carbocycles. The molecule has 4 nitrogen and oxygen atoms in total. The van der Waals surface area contributed by atoms with E-state index in [9.17, 15) is 0 Å². The summed E-state index contributed by atoms with van der Waals surface area (Å²) in [7, 11) is 0. The molecule has 1 rings (SSSR count). The number of phenols is 1. The van der Waals surface area contributed by atoms with E-state index < -0.39 is 0 Å². The van der Waals surface area contributed by atoms with Gasteiger partial charge in [0.15, 0.2) is 0 Å². The van der Waals surface area contributed by atoms with Gasteiger partial charge in [0.2, 0.25) is 0 Å². The second kappa shape index (κ2) is 9.98. The summed E-state index contributed by atoms with van der Waals surface area (Å²) in [5.41, 5.74) is 0. The van der Waals surface area contributed by atoms with Gasteiger partial charge in [-0.15, -0.1) is 0 Å². The van der Waals surface area contributed by atoms with E-state index in [2.05, 4.69) is 5.32 Å². The lowest BCUT2D eigenvalue weighted by Gasteiger charge is -1.94. The maximum Gasteiger partial charge on any atom is 0.115 e. The van der Waals surface area contributed by atoms with Crippen molar-refractivity contribution in [2.45, 2.75) is 0 Å². The van der Waals surface area contributed by atoms with E-state index in [0.717, 1.165) is 0 Å². The summed E-state index contributed by atoms with van der Waals surface area (Å²) in [5.74, 6) is 0.322. The molecule has 0 bridgehead atoms. The van der Waals surface area contributed by atoms with Crippen molar-refractivity contribution in [2.24, 2.45) is 0 Å². The number of aliphatic hydroxyl groups is 2. The topological polar surface area (TPSA) is 72.7 Å². The maximum atomic E-state index is 8.63. The Balaban J connectivity index is 0.000000241. The number of phenolic OH excluding ortho intramolecular Hbond substituents is 1. The van der Waals surface area contributed by atoms with Crippen LogP contribution in [0.15, 0.2) is 30.3 Å². The summed E-state index contributed by atoms with van der Waals surface area (Å²) in [6, 6.07) is 8.71. The molecule has 0 radical (unpaired) electrons. The van der Waals surface area contributed by atoms with Crippen molar-refractivity contribution in [3.63, 3.8) is 0 Å². The highest BCUT2D eigenvalue weighted by atomic mass is 16.3. The first kappa shape index (κ1) is 12.9. The van der Waals surface area contributed by atoms with E-state index in [1.54, 1.807) is 24.3 Å². The van der Waals surface area contributed by atoms with E-state index in [1.165, 1.54) is 0 Å². The van der Waals surface area contributed by atoms with E-state index in [-0.39, 0.29) is 13.2 Å². The van der Waals surface area contributed by atoms with Crippen LogP contribution in [0.5, 0.6) is 5.75 Å². The molecule has 0 fully saturated rings. The zero-order valence-electron chi connectivity index (χ0n) is 8.06. The number of para-hydroxylation sites is 1. The molecule has 0 amide bonds. The fourth-order valence-electron chi connectivity index (χ4n) is 0.711. The summed E-state index contributed by atoms with van der Waals surface area (Å²) in [6.07, 6.45) is 0. The SMILES string of the molecule is OCCNCCO.Oc1ccccc1. The zero-order chi connectivity index (χ0) is 10.6. The van der Waals surface area contributed by atoms with Gasteiger partial charge in [-0.3, -0.25) is 0 Å². The molecule has 0 saturated heterocycles. The van der Waals surface area contributed by atoms with Crippen molar-refractivity contribution in [1.29, 1.82) is 0 Å². The Bertz CT molecular complexity index is 200. The summed E-state index contributed by atoms with van der Waals surface area (Å²) in [4.78, 5) is 0. The molecule has 1 aromatic carbocycles. The molecule has 0 aromatic heterocycles. The van der Waals surface area contributed by atoms with Crippen molar-refractivity contribution < 1.29 is 15.3 Å². The molecule has 4 N–H and O–H groups in total. The molecule has 0 spiro atoms. The molecule has 0 saturated carbocycles. The van der Waals surface area contributed by atoms with Gasteiger partial charge >= 0.3 is 0 Å². The average Bonchev–Trinajstić information content (AvgIpc) is 2.21. The predicted octanol–water partition coefficient (Wildman–Crippen LogP) is -0.0472. The molecule has 4 heteroatoms. The lowest BCUT2D eigenvalue weighted by Crippen LogP contribution is -2.21. The third-order valence-corrected chi connectivity index (χ3v) is 1.33. The summed E-state index contributed by atoms with van der Waals surface area (Å²) < 4.78 is 0. The molecule has 80 valence electrons. The number of rotatable bonds is 4. The van der Waals surface area contributed by atoms with Crippen LogP contribution in [0.25, 0.3) is 0 Å². The molecule has 14 heavy (non-hydrogen) atoms. The lowest BCUT2D eigenvalue weighted by molar-refractivity contribution is 0.266. The van der Waals surface area contributed by atoms with Crippen molar-refractivity contribution >= 4 is 0 Å². The maximum absolute atomic E-state index is 8.63. The van der Waals surface area contributed by atoms with Gasteiger partial charge in [0.1, 0.15) is 5.75 Å². The van der Waals surface area contributed by atoms with Crippen LogP contribution in [0, 0.1) is 0 Å². The molecule has 0 aliphatic heterocycles. The molecule has 0 heterocycles. The zero-order valence-corrected chi connectivity index (χ0v) is 8.06. The molecular weight excluding hydrogens is 182 g/mol. The average molecular weight is 199 g/mol. The van der Waals surface area contributed by atoms with Gasteiger partial charge < -0.3 is 20.6 Å². The van der Waals surface area contributed by atoms with Crippen LogP contribution >= 0.6 is 0 Å². The molecule has 1 aromatic rings. The normalized spacial score (nSPS) is 9.00. The Hall–Kier alpha value is -1.10. The lowest BCUT2D eigenvalue weighted by atomic mass is 10.3. The van der Waals surface area contributed by atoms with Crippen LogP contribution in [0.4, 0.5) is 0 Å². The minimum absolute atomic E-state index is 0.139. The molecule has 0 unspecified atom stereocenters. The monoisotopic (exact) mass is 199 g/mol. The fraction of sp³-hybridized carbons (Fsp3) is 0.400. The van der Waals surface area contributed by atoms with Crippen LogP contribution in [-0.2, 0) is 0 Å². The van der Waals surface area contributed by atoms with Crippen molar-refractivity contribution in [2.75, 3.05) is 26.3 Å². The largest absolute Gasteiger partial charge is 0.508 e. The standard InChI is InChI=1S/C6H6O.C4H11NO2/c7-6-4-2-1-3-5-6;6-3-1-5-2-4-7/h1-5,7H;5-7H,1-4H2. The van der Waals surface area contributed by atoms with E-state index in [1.807, 2.05) is 6.07 Å². The van der Waals surface area contributed by atoms with E-state index in [0.29, 0.717) is 18.8 Å². The molecule has 0 atom stereocenters. The number of benzene rings is 1. The minimum atomic E-state index is 0.139. The van der Waals surface area contributed by atoms with Crippen LogP contribution in [0.1, 0.15) is 0 Å². The minimum Gasteiger partial charge on any atom is -0.508 e. The number of aromatic hydroxyl groups is 1. The van der Waals surface area contributed by atoms with E-state index in [4.69, 9.17) is 15.3 Å². The Labute approximate surface area is 83.8 Å². The van der Waals surface area contributed by atoms with Gasteiger partial charge in [-0.2, -0.15) is 0 Å². The first-order valence-corrected chi connectivity index (χ1v) is 4.47. The van der Waals surface area contributed by atoms with Gasteiger partial charge in [0.25, 0.3) is 0 Å². The second-order valence-electron chi connectivity index (χ2n) is 2.53. The van der Waals surface area contributed by atoms with Gasteiger partial charge in [-0.25, -0.2) is 0 Å². The van der Waals surface area contributed by atoms with Gasteiger partial charge in [-0.05, 0) is 12.1 Å². The first-order valence-electron chi connectivity index (χ1n) is 4.47. The number of aliphatic hydroxyl groups excluding tert-OH is 2. The molecule has 0 aliphatic rings. The quantitative estimate of drug-likeness (QED) is 0.513. The Morgan fingerprint density at radius 1 is 0.929 bits per heavy atom. The highest BCUT2D eigenvalue weighted by Gasteiger charge is 1.78. The van der Waals surface area contributed by atoms with E-state index >= 15 is 0 Å². The highest BCUT2D eigenvalue weighted by Crippen LogP contribution is 2.02. The van der Waals surface area contributed by atoms with Crippen molar-refractivity contribution in [3.8, 4) is 5.75 Å². The Morgan fingerprint density at radius 3 is 1.71 bits per heavy atom. The fourth-order valence-corrected chi connectivity index (χ4v) is 0.711. The third kappa shape index (κ3) is 8.99. The van der Waals surface area contributed by atoms with Crippen LogP contribution in [-0.4, -0.2) is 41.6 Å². The Morgan fingerprint density at radius 2 is 1.43 bits per heavy atom. The summed E-state index contributed by atoms with van der Waals surface area (Å²) in [6.45, 7) is 1.42. The van der Waals surface area contributed by atoms with Crippen molar-refractivity contribution in [3.05, 3.63) is 30.3 Å². The third-order valence-electron chi connectivity index (χ3n) is 1.33. The first-order chi connectivity index (χ1) is 6.81. The number of hydrogen-bond donors (Lipinski definition) is 4. The Kier molecular flexibility index (Phi) is 9.20. The van der Waals surface area contributed by atoms with Gasteiger partial charge in [0.05, 0.1) is 13.2 Å². The smallest absolute Gasteiger partial charge is 0.115 e. The van der Waals surface area contributed by atoms with Crippen LogP contribution < -0.4 is 5.32 Å². The van der Waals surface area contributed by atoms with Crippen molar-refractivity contribution in [1.82, 2.24) is 5.32 Å². The number of nitrogens with one attached hydrogen (secondary N) is 1. The predicted molar refractivity (Wildman–Crippen MR) is 55.1 cm³/mol. The van der Waals surface area contributed by atoms with Gasteiger partial charge in [0, 0.05) is 13.1 Å². The van der Waals surface area contributed by atoms with Gasteiger partial charge in [-0.1, -0.05) is 18.2 Å². The van der Waals surface area contributed by atoms with Crippen LogP contribution in [0.2, 0.25) is 0 Å². The molecular formula is C10H17NO3. The van der Waals surface area contributed by atoms with Crippen LogP contribution in [0.3, 0.4) is 0 Å². The summed E-state index contributed by atoms with van der Waals surface area (Å²) >= 11 is 0. The highest BCUT2D eigenvalue weighted by molar-refractivity contribution is 5.18. The summed E-state index contributed by atoms with van der Waals surface area (Å²) in [5, 5.41) is 27.7. The second-order valence-corrected chi connectivity index (χ2v) is 2.53. The number of hydrogen-bond acceptors (Lipinski definition) is 4.